The molecule has 28 heavy (non-hydrogen) atoms. The second kappa shape index (κ2) is 9.50. The smallest absolute Gasteiger partial charge is 0.294 e. The van der Waals surface area contributed by atoms with Gasteiger partial charge in [0.2, 0.25) is 5.96 Å². The van der Waals surface area contributed by atoms with Gasteiger partial charge in [-0.15, -0.1) is 5.17 Å². The van der Waals surface area contributed by atoms with Gasteiger partial charge in [-0.1, -0.05) is 17.7 Å². The molecular formula is C15H16FN5O6S. The number of benzene rings is 2. The number of hydroxylamine groups is 1. The molecule has 0 saturated carbocycles. The summed E-state index contributed by atoms with van der Waals surface area (Å²) in [5.74, 6) is -1.52. The van der Waals surface area contributed by atoms with Crippen molar-refractivity contribution >= 4 is 28.0 Å². The lowest BCUT2D eigenvalue weighted by molar-refractivity contribution is -0.384. The molecule has 0 atom stereocenters. The standard InChI is InChI=1S/C8H8FN5O3.C7H8O3S/c9-7-2-1-6(14(16)17)3-5(7)4-12-13(15)8(10)11;1-6-2-4-7(5-3-6)11(8,9)10/h1-4,15H,(H3,10,11);2-5H,1H3,(H,8,9,10). The minimum Gasteiger partial charge on any atom is -0.367 e. The Morgan fingerprint density at radius 3 is 2.36 bits per heavy atom. The Bertz CT molecular complexity index is 994. The molecule has 0 aliphatic rings. The van der Waals surface area contributed by atoms with Crippen molar-refractivity contribution in [1.29, 1.82) is 5.41 Å². The molecule has 0 spiro atoms. The number of hydrazone groups is 1. The molecule has 13 heteroatoms. The molecule has 0 unspecified atom stereocenters. The number of nitrogens with zero attached hydrogens (tertiary/aromatic N) is 3. The molecule has 0 saturated heterocycles. The number of nitrogens with two attached hydrogens (primary N) is 1. The van der Waals surface area contributed by atoms with Gasteiger partial charge in [-0.25, -0.2) is 4.39 Å². The molecule has 0 aliphatic heterocycles. The number of hydrogen-bond acceptors (Lipinski definition) is 7. The number of aryl methyl sites for hydroxylation is 1. The van der Waals surface area contributed by atoms with Crippen LogP contribution in [0, 0.1) is 28.3 Å². The van der Waals surface area contributed by atoms with Crippen molar-refractivity contribution in [2.75, 3.05) is 0 Å². The van der Waals surface area contributed by atoms with E-state index < -0.39 is 26.8 Å². The molecule has 2 aromatic rings. The number of nitro groups is 1. The van der Waals surface area contributed by atoms with Crippen LogP contribution in [0.5, 0.6) is 0 Å². The summed E-state index contributed by atoms with van der Waals surface area (Å²) in [6.45, 7) is 1.84. The van der Waals surface area contributed by atoms with E-state index in [0.29, 0.717) is 0 Å². The third kappa shape index (κ3) is 7.06. The number of halogens is 1. The van der Waals surface area contributed by atoms with Crippen LogP contribution in [0.4, 0.5) is 10.1 Å². The van der Waals surface area contributed by atoms with Crippen molar-refractivity contribution in [2.45, 2.75) is 11.8 Å². The van der Waals surface area contributed by atoms with Crippen molar-refractivity contribution in [3.63, 3.8) is 0 Å². The van der Waals surface area contributed by atoms with Crippen molar-refractivity contribution in [3.8, 4) is 0 Å². The molecular weight excluding hydrogens is 397 g/mol. The highest BCUT2D eigenvalue weighted by Gasteiger charge is 2.10. The fourth-order valence-corrected chi connectivity index (χ4v) is 2.11. The first-order chi connectivity index (χ1) is 12.9. The third-order valence-electron chi connectivity index (χ3n) is 3.03. The number of nitrogens with one attached hydrogen (secondary N) is 1. The van der Waals surface area contributed by atoms with Crippen LogP contribution in [-0.2, 0) is 10.1 Å². The van der Waals surface area contributed by atoms with Crippen LogP contribution in [0.15, 0.2) is 52.5 Å². The third-order valence-corrected chi connectivity index (χ3v) is 3.90. The maximum atomic E-state index is 13.2. The Labute approximate surface area is 158 Å². The number of guanidine groups is 1. The predicted molar refractivity (Wildman–Crippen MR) is 97.2 cm³/mol. The van der Waals surface area contributed by atoms with Crippen LogP contribution in [-0.4, -0.2) is 40.4 Å². The van der Waals surface area contributed by atoms with Gasteiger partial charge in [0.25, 0.3) is 15.8 Å². The zero-order valence-corrected chi connectivity index (χ0v) is 15.2. The van der Waals surface area contributed by atoms with E-state index in [-0.39, 0.29) is 21.3 Å². The van der Waals surface area contributed by atoms with E-state index in [1.54, 1.807) is 12.1 Å². The molecule has 150 valence electrons. The van der Waals surface area contributed by atoms with E-state index in [0.717, 1.165) is 30.0 Å². The maximum absolute atomic E-state index is 13.2. The monoisotopic (exact) mass is 413 g/mol. The van der Waals surface area contributed by atoms with Crippen LogP contribution in [0.2, 0.25) is 0 Å². The summed E-state index contributed by atoms with van der Waals surface area (Å²) in [5.41, 5.74) is 5.29. The lowest BCUT2D eigenvalue weighted by Crippen LogP contribution is -2.28. The Morgan fingerprint density at radius 1 is 1.32 bits per heavy atom. The minimum absolute atomic E-state index is 0.00171. The second-order valence-corrected chi connectivity index (χ2v) is 6.59. The second-order valence-electron chi connectivity index (χ2n) is 5.17. The van der Waals surface area contributed by atoms with E-state index in [1.165, 1.54) is 12.1 Å². The number of hydrogen-bond donors (Lipinski definition) is 4. The highest BCUT2D eigenvalue weighted by molar-refractivity contribution is 7.85. The average Bonchev–Trinajstić information content (AvgIpc) is 2.60. The molecule has 0 aromatic heterocycles. The largest absolute Gasteiger partial charge is 0.367 e. The zero-order chi connectivity index (χ0) is 21.5. The van der Waals surface area contributed by atoms with E-state index in [2.05, 4.69) is 5.10 Å². The van der Waals surface area contributed by atoms with E-state index in [4.69, 9.17) is 20.9 Å². The fraction of sp³-hybridized carbons (Fsp3) is 0.0667. The number of non-ortho nitro benzene ring substituents is 1. The van der Waals surface area contributed by atoms with Crippen molar-refractivity contribution in [2.24, 2.45) is 10.8 Å². The van der Waals surface area contributed by atoms with Gasteiger partial charge in [-0.3, -0.25) is 25.3 Å². The number of nitro benzene ring substituents is 1. The van der Waals surface area contributed by atoms with Crippen LogP contribution in [0.3, 0.4) is 0 Å². The van der Waals surface area contributed by atoms with Gasteiger partial charge in [0.1, 0.15) is 5.82 Å². The van der Waals surface area contributed by atoms with Crippen LogP contribution < -0.4 is 5.73 Å². The summed E-state index contributed by atoms with van der Waals surface area (Å²) in [4.78, 5) is 9.67. The molecule has 0 aliphatic carbocycles. The number of rotatable bonds is 4. The van der Waals surface area contributed by atoms with E-state index in [1.807, 2.05) is 6.92 Å². The van der Waals surface area contributed by atoms with Crippen molar-refractivity contribution < 1.29 is 27.5 Å². The summed E-state index contributed by atoms with van der Waals surface area (Å²) < 4.78 is 42.7. The zero-order valence-electron chi connectivity index (χ0n) is 14.4. The van der Waals surface area contributed by atoms with Gasteiger partial charge < -0.3 is 5.73 Å². The molecule has 0 amide bonds. The van der Waals surface area contributed by atoms with Gasteiger partial charge in [-0.05, 0) is 25.1 Å². The molecule has 5 N–H and O–H groups in total. The molecule has 2 rings (SSSR count). The van der Waals surface area contributed by atoms with E-state index in [9.17, 15) is 22.9 Å². The molecule has 2 aromatic carbocycles. The SMILES string of the molecule is Cc1ccc(S(=O)(=O)O)cc1.N=C(N)N(O)N=Cc1cc([N+](=O)[O-])ccc1F. The Kier molecular flexibility index (Phi) is 7.67. The first kappa shape index (κ1) is 22.6. The predicted octanol–water partition coefficient (Wildman–Crippen LogP) is 1.89. The first-order valence-electron chi connectivity index (χ1n) is 7.27. The highest BCUT2D eigenvalue weighted by Crippen LogP contribution is 2.15. The molecule has 0 heterocycles. The summed E-state index contributed by atoms with van der Waals surface area (Å²) >= 11 is 0. The Morgan fingerprint density at radius 2 is 1.89 bits per heavy atom. The lowest BCUT2D eigenvalue weighted by atomic mass is 10.2. The average molecular weight is 413 g/mol. The summed E-state index contributed by atoms with van der Waals surface area (Å²) in [5, 5.41) is 29.3. The molecule has 11 nitrogen and oxygen atoms in total. The minimum atomic E-state index is -4.02. The Balaban J connectivity index is 0.000000307. The molecule has 0 radical (unpaired) electrons. The van der Waals surface area contributed by atoms with Gasteiger partial charge in [0, 0.05) is 17.7 Å². The summed E-state index contributed by atoms with van der Waals surface area (Å²) in [6, 6.07) is 8.82. The van der Waals surface area contributed by atoms with Gasteiger partial charge in [0.15, 0.2) is 0 Å². The summed E-state index contributed by atoms with van der Waals surface area (Å²) in [6.07, 6.45) is 0.809. The quantitative estimate of drug-likeness (QED) is 0.192. The topological polar surface area (TPSA) is 183 Å². The Hall–Kier alpha value is -3.42. The first-order valence-corrected chi connectivity index (χ1v) is 8.71. The lowest BCUT2D eigenvalue weighted by Gasteiger charge is -2.05. The van der Waals surface area contributed by atoms with Crippen LogP contribution in [0.25, 0.3) is 0 Å². The van der Waals surface area contributed by atoms with Crippen LogP contribution >= 0.6 is 0 Å². The normalized spacial score (nSPS) is 10.9. The van der Waals surface area contributed by atoms with Gasteiger partial charge in [-0.2, -0.15) is 13.5 Å². The highest BCUT2D eigenvalue weighted by atomic mass is 32.2. The van der Waals surface area contributed by atoms with Crippen LogP contribution in [0.1, 0.15) is 11.1 Å². The van der Waals surface area contributed by atoms with Crippen molar-refractivity contribution in [1.82, 2.24) is 5.17 Å². The summed E-state index contributed by atoms with van der Waals surface area (Å²) in [7, 11) is -4.02. The fourth-order valence-electron chi connectivity index (χ4n) is 1.63. The van der Waals surface area contributed by atoms with E-state index >= 15 is 0 Å². The molecule has 0 bridgehead atoms. The maximum Gasteiger partial charge on any atom is 0.294 e. The van der Waals surface area contributed by atoms with Gasteiger partial charge >= 0.3 is 0 Å². The van der Waals surface area contributed by atoms with Crippen molar-refractivity contribution in [3.05, 3.63) is 69.5 Å². The van der Waals surface area contributed by atoms with Gasteiger partial charge in [0.05, 0.1) is 16.0 Å². The molecule has 0 fully saturated rings.